The quantitative estimate of drug-likeness (QED) is 0.0745. The Bertz CT molecular complexity index is 2460. The average Bonchev–Trinajstić information content (AvgIpc) is 3.47. The summed E-state index contributed by atoms with van der Waals surface area (Å²) in [5.41, 5.74) is 7.25. The lowest BCUT2D eigenvalue weighted by Gasteiger charge is -2.40. The number of alkyl carbamates (subject to hydrolysis) is 2. The fourth-order valence-electron chi connectivity index (χ4n) is 9.85. The van der Waals surface area contributed by atoms with Crippen LogP contribution in [0.2, 0.25) is 0 Å². The molecule has 0 aliphatic carbocycles. The summed E-state index contributed by atoms with van der Waals surface area (Å²) >= 11 is 0. The molecule has 83 heavy (non-hydrogen) atoms. The maximum atomic E-state index is 13.2. The van der Waals surface area contributed by atoms with E-state index in [2.05, 4.69) is 16.0 Å². The number of piperidine rings is 3. The molecule has 3 aliphatic heterocycles. The van der Waals surface area contributed by atoms with Crippen LogP contribution in [0.15, 0.2) is 91.0 Å². The summed E-state index contributed by atoms with van der Waals surface area (Å²) in [5, 5.41) is 16.7. The number of hydrogen-bond acceptors (Lipinski definition) is 15. The van der Waals surface area contributed by atoms with E-state index in [1.54, 1.807) is 65.2 Å². The molecule has 3 aromatic rings. The van der Waals surface area contributed by atoms with Crippen LogP contribution in [-0.2, 0) is 52.5 Å². The van der Waals surface area contributed by atoms with Gasteiger partial charge in [0.25, 0.3) is 0 Å². The number of halogens is 2. The first-order valence-corrected chi connectivity index (χ1v) is 27.9. The second-order valence-corrected chi connectivity index (χ2v) is 22.3. The summed E-state index contributed by atoms with van der Waals surface area (Å²) in [6.45, 7) is 17.3. The molecular weight excluding hydrogens is 1110 g/mol. The first-order valence-electron chi connectivity index (χ1n) is 27.9. The number of amides is 4. The number of rotatable bonds is 14. The average molecular weight is 1200 g/mol. The Morgan fingerprint density at radius 1 is 0.530 bits per heavy atom. The van der Waals surface area contributed by atoms with Crippen LogP contribution in [-0.4, -0.2) is 151 Å². The van der Waals surface area contributed by atoms with Crippen LogP contribution in [0.4, 0.5) is 9.59 Å². The molecule has 4 amide bonds. The van der Waals surface area contributed by atoms with E-state index in [0.29, 0.717) is 19.5 Å². The molecule has 9 atom stereocenters. The highest BCUT2D eigenvalue weighted by Crippen LogP contribution is 2.34. The number of carboxylic acid groups (broad SMARTS) is 1. The third-order valence-electron chi connectivity index (χ3n) is 13.6. The molecule has 0 radical (unpaired) electrons. The topological polar surface area (TPSA) is 272 Å². The van der Waals surface area contributed by atoms with Gasteiger partial charge in [0, 0.05) is 31.2 Å². The number of methoxy groups -OCH3 is 3. The van der Waals surface area contributed by atoms with Crippen LogP contribution in [0.5, 0.6) is 0 Å². The van der Waals surface area contributed by atoms with Crippen LogP contribution in [0.1, 0.15) is 155 Å². The molecule has 3 fully saturated rings. The highest BCUT2D eigenvalue weighted by Gasteiger charge is 2.41. The molecular formula is C61H92Cl2N6O14. The second kappa shape index (κ2) is 37.0. The fraction of sp³-hybridized carbons (Fsp3) is 0.574. The first kappa shape index (κ1) is 74.5. The molecule has 0 saturated carbocycles. The molecule has 6 N–H and O–H groups in total. The molecule has 9 unspecified atom stereocenters. The Labute approximate surface area is 503 Å². The SMILES string of the molecule is CC(NC(=O)OC(C)(C)C)C(=O)O.COC(=O)C(c1ccccc1)C1CCCCN1.COC(=O)C(c1ccccc1)C1CCCCN1C(=O)C(C)N.COC(=O)C(c1ccccc1)C1CCCCN1C(=O)C(C)NC(=O)OC(C)(C)C.Cl.Cl. The van der Waals surface area contributed by atoms with Crippen molar-refractivity contribution in [3.8, 4) is 0 Å². The zero-order valence-electron chi connectivity index (χ0n) is 50.4. The number of carbonyl (C=O) groups excluding carboxylic acids is 7. The third-order valence-corrected chi connectivity index (χ3v) is 13.6. The molecule has 20 nitrogen and oxygen atoms in total. The van der Waals surface area contributed by atoms with E-state index in [-0.39, 0.29) is 78.6 Å². The molecule has 0 spiro atoms. The standard InChI is InChI=1S/C22H32N2O5.C17H24N2O3.C14H19NO2.C8H15NO4.2ClH/c1-15(23-21(27)29-22(2,3)4)19(25)24-14-10-9-13-17(24)18(20(26)28-5)16-11-7-6-8-12-16;1-12(18)16(20)19-11-7-6-10-14(19)15(17(21)22-2)13-8-4-3-5-9-13;1-17-14(16)13(11-7-3-2-4-8-11)12-9-5-6-10-15-12;1-5(6(10)11)9-7(12)13-8(2,3)4;;/h6-8,11-12,15,17-18H,9-10,13-14H2,1-5H3,(H,23,27);3-5,8-9,12,14-15H,6-7,10-11,18H2,1-2H3;2-4,7-8,12-13,15H,5-6,9-10H2,1H3;5H,1-4H3,(H,9,12)(H,10,11);2*1H. The Morgan fingerprint density at radius 3 is 1.22 bits per heavy atom. The summed E-state index contributed by atoms with van der Waals surface area (Å²) in [7, 11) is 4.21. The van der Waals surface area contributed by atoms with Crippen LogP contribution in [0.3, 0.4) is 0 Å². The number of esters is 3. The van der Waals surface area contributed by atoms with Gasteiger partial charge in [-0.2, -0.15) is 0 Å². The predicted molar refractivity (Wildman–Crippen MR) is 321 cm³/mol. The van der Waals surface area contributed by atoms with Crippen LogP contribution in [0, 0.1) is 0 Å². The van der Waals surface area contributed by atoms with Gasteiger partial charge >= 0.3 is 36.1 Å². The van der Waals surface area contributed by atoms with Crippen LogP contribution < -0.4 is 21.7 Å². The third kappa shape index (κ3) is 25.1. The summed E-state index contributed by atoms with van der Waals surface area (Å²) in [6, 6.07) is 26.2. The lowest BCUT2D eigenvalue weighted by atomic mass is 9.84. The van der Waals surface area contributed by atoms with Crippen molar-refractivity contribution in [1.82, 2.24) is 25.8 Å². The highest BCUT2D eigenvalue weighted by molar-refractivity contribution is 5.88. The monoisotopic (exact) mass is 1200 g/mol. The van der Waals surface area contributed by atoms with Gasteiger partial charge in [0.1, 0.15) is 35.1 Å². The summed E-state index contributed by atoms with van der Waals surface area (Å²) < 4.78 is 25.1. The van der Waals surface area contributed by atoms with Crippen molar-refractivity contribution in [1.29, 1.82) is 0 Å². The number of nitrogens with one attached hydrogen (secondary N) is 3. The Kier molecular flexibility index (Phi) is 33.2. The lowest BCUT2D eigenvalue weighted by molar-refractivity contribution is -0.149. The highest BCUT2D eigenvalue weighted by atomic mass is 35.5. The molecule has 3 saturated heterocycles. The normalized spacial score (nSPS) is 18.8. The zero-order valence-corrected chi connectivity index (χ0v) is 52.0. The smallest absolute Gasteiger partial charge is 0.408 e. The van der Waals surface area contributed by atoms with Crippen molar-refractivity contribution in [3.05, 3.63) is 108 Å². The van der Waals surface area contributed by atoms with Gasteiger partial charge in [-0.05, 0) is 137 Å². The molecule has 0 aromatic heterocycles. The molecule has 3 aliphatic rings. The van der Waals surface area contributed by atoms with E-state index in [0.717, 1.165) is 61.8 Å². The Morgan fingerprint density at radius 2 is 0.880 bits per heavy atom. The molecule has 464 valence electrons. The van der Waals surface area contributed by atoms with Gasteiger partial charge in [-0.1, -0.05) is 97.4 Å². The van der Waals surface area contributed by atoms with Gasteiger partial charge in [-0.15, -0.1) is 24.8 Å². The van der Waals surface area contributed by atoms with Gasteiger partial charge in [0.2, 0.25) is 11.8 Å². The molecule has 0 bridgehead atoms. The zero-order chi connectivity index (χ0) is 60.5. The largest absolute Gasteiger partial charge is 0.480 e. The lowest BCUT2D eigenvalue weighted by Crippen LogP contribution is -2.55. The van der Waals surface area contributed by atoms with E-state index in [9.17, 15) is 38.4 Å². The van der Waals surface area contributed by atoms with Crippen LogP contribution in [0.25, 0.3) is 0 Å². The van der Waals surface area contributed by atoms with Crippen molar-refractivity contribution in [3.63, 3.8) is 0 Å². The number of nitrogens with zero attached hydrogens (tertiary/aromatic N) is 2. The van der Waals surface area contributed by atoms with Gasteiger partial charge in [-0.25, -0.2) is 9.59 Å². The maximum Gasteiger partial charge on any atom is 0.408 e. The van der Waals surface area contributed by atoms with E-state index in [4.69, 9.17) is 34.5 Å². The minimum atomic E-state index is -1.09. The van der Waals surface area contributed by atoms with Gasteiger partial charge < -0.3 is 60.3 Å². The van der Waals surface area contributed by atoms with Crippen molar-refractivity contribution >= 4 is 72.7 Å². The predicted octanol–water partition coefficient (Wildman–Crippen LogP) is 8.82. The molecule has 22 heteroatoms. The summed E-state index contributed by atoms with van der Waals surface area (Å²) in [6.07, 6.45) is 7.23. The van der Waals surface area contributed by atoms with E-state index < -0.39 is 59.3 Å². The maximum absolute atomic E-state index is 13.2. The first-order chi connectivity index (χ1) is 38.2. The number of likely N-dealkylation sites (tertiary alicyclic amines) is 2. The van der Waals surface area contributed by atoms with Crippen molar-refractivity contribution in [2.45, 2.75) is 185 Å². The number of carbonyl (C=O) groups is 8. The molecule has 6 rings (SSSR count). The van der Waals surface area contributed by atoms with E-state index in [1.807, 2.05) is 91.0 Å². The van der Waals surface area contributed by atoms with Crippen molar-refractivity contribution in [2.24, 2.45) is 5.73 Å². The molecule has 3 aromatic carbocycles. The second-order valence-electron chi connectivity index (χ2n) is 22.3. The van der Waals surface area contributed by atoms with Crippen molar-refractivity contribution < 1.29 is 67.1 Å². The number of hydrogen-bond donors (Lipinski definition) is 5. The van der Waals surface area contributed by atoms with E-state index in [1.165, 1.54) is 41.1 Å². The molecule has 3 heterocycles. The van der Waals surface area contributed by atoms with Gasteiger partial charge in [0.05, 0.1) is 33.3 Å². The van der Waals surface area contributed by atoms with Crippen molar-refractivity contribution in [2.75, 3.05) is 41.0 Å². The number of aliphatic carboxylic acids is 1. The Balaban J connectivity index is 0.000000571. The van der Waals surface area contributed by atoms with E-state index >= 15 is 0 Å². The Hall–Kier alpha value is -6.48. The minimum absolute atomic E-state index is 0. The number of nitrogens with two attached hydrogens (primary N) is 1. The van der Waals surface area contributed by atoms with Gasteiger partial charge in [0.15, 0.2) is 0 Å². The number of carboxylic acids is 1. The summed E-state index contributed by atoms with van der Waals surface area (Å²) in [4.78, 5) is 99.4. The minimum Gasteiger partial charge on any atom is -0.480 e. The number of benzene rings is 3. The fourth-order valence-corrected chi connectivity index (χ4v) is 9.85. The summed E-state index contributed by atoms with van der Waals surface area (Å²) in [5.74, 6) is -3.45. The van der Waals surface area contributed by atoms with Gasteiger partial charge in [-0.3, -0.25) is 28.8 Å². The van der Waals surface area contributed by atoms with Crippen LogP contribution >= 0.6 is 24.8 Å². The number of ether oxygens (including phenoxy) is 5.